The lowest BCUT2D eigenvalue weighted by atomic mass is 10.0. The summed E-state index contributed by atoms with van der Waals surface area (Å²) in [7, 11) is 3.24. The fourth-order valence-electron chi connectivity index (χ4n) is 2.69. The van der Waals surface area contributed by atoms with Crippen LogP contribution in [0.3, 0.4) is 0 Å². The molecule has 0 saturated carbocycles. The van der Waals surface area contributed by atoms with E-state index in [1.165, 1.54) is 17.0 Å². The van der Waals surface area contributed by atoms with Crippen molar-refractivity contribution < 1.29 is 18.8 Å². The minimum absolute atomic E-state index is 0.247. The molecule has 0 spiro atoms. The molecule has 2 amide bonds. The number of ether oxygens (including phenoxy) is 1. The largest absolute Gasteiger partial charge is 0.495 e. The van der Waals surface area contributed by atoms with Gasteiger partial charge < -0.3 is 19.8 Å². The first kappa shape index (κ1) is 17.7. The molecule has 0 fully saturated rings. The van der Waals surface area contributed by atoms with E-state index in [1.807, 2.05) is 12.1 Å². The van der Waals surface area contributed by atoms with E-state index in [1.54, 1.807) is 38.4 Å². The van der Waals surface area contributed by atoms with Crippen molar-refractivity contribution in [3.05, 3.63) is 59.9 Å². The number of oxime groups is 1. The third-order valence-corrected chi connectivity index (χ3v) is 4.08. The maximum Gasteiger partial charge on any atom is 0.321 e. The normalized spacial score (nSPS) is 15.8. The molecule has 2 aromatic rings. The quantitative estimate of drug-likeness (QED) is 0.891. The molecule has 1 aliphatic heterocycles. The molecule has 0 radical (unpaired) electrons. The monoisotopic (exact) mass is 357 g/mol. The van der Waals surface area contributed by atoms with Crippen molar-refractivity contribution in [1.82, 2.24) is 4.90 Å². The van der Waals surface area contributed by atoms with Crippen LogP contribution in [0.4, 0.5) is 14.9 Å². The molecule has 136 valence electrons. The second-order valence-corrected chi connectivity index (χ2v) is 5.99. The summed E-state index contributed by atoms with van der Waals surface area (Å²) in [4.78, 5) is 19.3. The Hall–Kier alpha value is -3.09. The van der Waals surface area contributed by atoms with E-state index in [9.17, 15) is 9.18 Å². The van der Waals surface area contributed by atoms with Crippen LogP contribution < -0.4 is 10.1 Å². The van der Waals surface area contributed by atoms with E-state index < -0.39 is 0 Å². The number of benzene rings is 2. The number of rotatable bonds is 5. The van der Waals surface area contributed by atoms with Crippen LogP contribution in [-0.2, 0) is 4.84 Å². The molecule has 26 heavy (non-hydrogen) atoms. The Balaban J connectivity index is 1.54. The number of para-hydroxylation sites is 2. The van der Waals surface area contributed by atoms with Crippen LogP contribution in [0, 0.1) is 5.82 Å². The lowest BCUT2D eigenvalue weighted by molar-refractivity contribution is 0.0672. The summed E-state index contributed by atoms with van der Waals surface area (Å²) in [5.41, 5.74) is 2.16. The Morgan fingerprint density at radius 1 is 1.31 bits per heavy atom. The van der Waals surface area contributed by atoms with E-state index in [-0.39, 0.29) is 18.0 Å². The first-order valence-electron chi connectivity index (χ1n) is 8.20. The van der Waals surface area contributed by atoms with Crippen molar-refractivity contribution in [3.63, 3.8) is 0 Å². The summed E-state index contributed by atoms with van der Waals surface area (Å²) in [6, 6.07) is 13.0. The molecule has 0 unspecified atom stereocenters. The SMILES string of the molecule is COc1ccccc1NC(=O)N(C)C[C@H]1CC(c2ccc(F)cc2)=NO1. The highest BCUT2D eigenvalue weighted by molar-refractivity contribution is 6.01. The van der Waals surface area contributed by atoms with Gasteiger partial charge in [0, 0.05) is 13.5 Å². The summed E-state index contributed by atoms with van der Waals surface area (Å²) in [5, 5.41) is 6.87. The zero-order valence-electron chi connectivity index (χ0n) is 14.6. The molecular formula is C19H20FN3O3. The minimum atomic E-state index is -0.294. The van der Waals surface area contributed by atoms with Crippen LogP contribution in [0.15, 0.2) is 53.7 Å². The van der Waals surface area contributed by atoms with Gasteiger partial charge in [-0.3, -0.25) is 0 Å². The molecule has 1 N–H and O–H groups in total. The standard InChI is InChI=1S/C19H20FN3O3/c1-23(19(24)21-16-5-3-4-6-18(16)25-2)12-15-11-17(22-26-15)13-7-9-14(20)10-8-13/h3-10,15H,11-12H2,1-2H3,(H,21,24)/t15-/m1/s1. The third-order valence-electron chi connectivity index (χ3n) is 4.08. The number of carbonyl (C=O) groups is 1. The zero-order valence-corrected chi connectivity index (χ0v) is 14.6. The number of nitrogens with zero attached hydrogens (tertiary/aromatic N) is 2. The second kappa shape index (κ2) is 7.86. The predicted molar refractivity (Wildman–Crippen MR) is 97.1 cm³/mol. The molecule has 7 heteroatoms. The van der Waals surface area contributed by atoms with Gasteiger partial charge in [-0.1, -0.05) is 29.4 Å². The minimum Gasteiger partial charge on any atom is -0.495 e. The summed E-state index contributed by atoms with van der Waals surface area (Å²) in [5.74, 6) is 0.297. The number of halogens is 1. The highest BCUT2D eigenvalue weighted by Crippen LogP contribution is 2.23. The molecule has 3 rings (SSSR count). The van der Waals surface area contributed by atoms with Gasteiger partial charge in [0.15, 0.2) is 6.10 Å². The smallest absolute Gasteiger partial charge is 0.321 e. The van der Waals surface area contributed by atoms with Crippen LogP contribution in [0.1, 0.15) is 12.0 Å². The Bertz CT molecular complexity index is 808. The van der Waals surface area contributed by atoms with E-state index in [0.717, 1.165) is 11.3 Å². The highest BCUT2D eigenvalue weighted by atomic mass is 19.1. The average molecular weight is 357 g/mol. The van der Waals surface area contributed by atoms with Crippen molar-refractivity contribution in [3.8, 4) is 5.75 Å². The number of hydrogen-bond acceptors (Lipinski definition) is 4. The summed E-state index contributed by atoms with van der Waals surface area (Å²) < 4.78 is 18.2. The number of likely N-dealkylation sites (N-methyl/N-ethyl adjacent to an activating group) is 1. The van der Waals surface area contributed by atoms with Crippen LogP contribution >= 0.6 is 0 Å². The molecule has 0 saturated heterocycles. The van der Waals surface area contributed by atoms with Gasteiger partial charge in [0.25, 0.3) is 0 Å². The maximum atomic E-state index is 13.0. The number of anilines is 1. The van der Waals surface area contributed by atoms with Crippen molar-refractivity contribution in [2.24, 2.45) is 5.16 Å². The number of amides is 2. The molecule has 2 aromatic carbocycles. The molecule has 0 aliphatic carbocycles. The zero-order chi connectivity index (χ0) is 18.5. The Morgan fingerprint density at radius 2 is 2.04 bits per heavy atom. The number of methoxy groups -OCH3 is 1. The Morgan fingerprint density at radius 3 is 2.77 bits per heavy atom. The van der Waals surface area contributed by atoms with Crippen LogP contribution in [-0.4, -0.2) is 43.4 Å². The summed E-state index contributed by atoms with van der Waals surface area (Å²) >= 11 is 0. The first-order chi connectivity index (χ1) is 12.6. The van der Waals surface area contributed by atoms with Gasteiger partial charge in [0.05, 0.1) is 25.1 Å². The predicted octanol–water partition coefficient (Wildman–Crippen LogP) is 3.49. The number of urea groups is 1. The molecular weight excluding hydrogens is 337 g/mol. The van der Waals surface area contributed by atoms with Crippen molar-refractivity contribution in [2.45, 2.75) is 12.5 Å². The second-order valence-electron chi connectivity index (χ2n) is 5.99. The summed E-state index contributed by atoms with van der Waals surface area (Å²) in [6.45, 7) is 0.370. The first-order valence-corrected chi connectivity index (χ1v) is 8.20. The van der Waals surface area contributed by atoms with Crippen LogP contribution in [0.5, 0.6) is 5.75 Å². The van der Waals surface area contributed by atoms with Gasteiger partial charge in [-0.05, 0) is 29.8 Å². The van der Waals surface area contributed by atoms with Crippen LogP contribution in [0.25, 0.3) is 0 Å². The topological polar surface area (TPSA) is 63.2 Å². The van der Waals surface area contributed by atoms with Gasteiger partial charge in [0.1, 0.15) is 11.6 Å². The van der Waals surface area contributed by atoms with Crippen molar-refractivity contribution in [2.75, 3.05) is 26.0 Å². The number of hydrogen-bond donors (Lipinski definition) is 1. The highest BCUT2D eigenvalue weighted by Gasteiger charge is 2.25. The summed E-state index contributed by atoms with van der Waals surface area (Å²) in [6.07, 6.45) is 0.307. The van der Waals surface area contributed by atoms with Crippen LogP contribution in [0.2, 0.25) is 0 Å². The van der Waals surface area contributed by atoms with E-state index in [2.05, 4.69) is 10.5 Å². The van der Waals surface area contributed by atoms with E-state index in [0.29, 0.717) is 24.4 Å². The molecule has 1 aliphatic rings. The van der Waals surface area contributed by atoms with Crippen molar-refractivity contribution >= 4 is 17.4 Å². The fraction of sp³-hybridized carbons (Fsp3) is 0.263. The number of carbonyl (C=O) groups excluding carboxylic acids is 1. The lowest BCUT2D eigenvalue weighted by Gasteiger charge is -2.21. The molecule has 6 nitrogen and oxygen atoms in total. The van der Waals surface area contributed by atoms with Gasteiger partial charge in [0.2, 0.25) is 0 Å². The Kier molecular flexibility index (Phi) is 5.36. The van der Waals surface area contributed by atoms with Gasteiger partial charge >= 0.3 is 6.03 Å². The maximum absolute atomic E-state index is 13.0. The average Bonchev–Trinajstić information content (AvgIpc) is 3.11. The number of nitrogens with one attached hydrogen (secondary N) is 1. The van der Waals surface area contributed by atoms with E-state index in [4.69, 9.17) is 9.57 Å². The molecule has 0 bridgehead atoms. The Labute approximate surface area is 151 Å². The molecule has 1 heterocycles. The van der Waals surface area contributed by atoms with E-state index >= 15 is 0 Å². The third kappa shape index (κ3) is 4.11. The molecule has 0 aromatic heterocycles. The van der Waals surface area contributed by atoms with Crippen molar-refractivity contribution in [1.29, 1.82) is 0 Å². The van der Waals surface area contributed by atoms with Gasteiger partial charge in [-0.25, -0.2) is 9.18 Å². The lowest BCUT2D eigenvalue weighted by Crippen LogP contribution is -2.37. The fourth-order valence-corrected chi connectivity index (χ4v) is 2.69. The molecule has 1 atom stereocenters. The van der Waals surface area contributed by atoms with Gasteiger partial charge in [-0.15, -0.1) is 0 Å². The van der Waals surface area contributed by atoms with Gasteiger partial charge in [-0.2, -0.15) is 0 Å².